The van der Waals surface area contributed by atoms with E-state index in [1.165, 1.54) is 0 Å². The molecule has 2 aromatic carbocycles. The molecular weight excluding hydrogens is 443 g/mol. The molecule has 0 saturated heterocycles. The van der Waals surface area contributed by atoms with E-state index in [1.54, 1.807) is 36.5 Å². The highest BCUT2D eigenvalue weighted by atomic mass is 19.4. The first-order valence-corrected chi connectivity index (χ1v) is 11.2. The van der Waals surface area contributed by atoms with Crippen LogP contribution in [0.2, 0.25) is 0 Å². The number of pyridine rings is 1. The van der Waals surface area contributed by atoms with Crippen LogP contribution in [0.15, 0.2) is 66.9 Å². The third-order valence-corrected chi connectivity index (χ3v) is 6.37. The van der Waals surface area contributed by atoms with Gasteiger partial charge in [0, 0.05) is 17.3 Å². The minimum absolute atomic E-state index is 0.0313. The smallest absolute Gasteiger partial charge is 0.391 e. The summed E-state index contributed by atoms with van der Waals surface area (Å²) >= 11 is 0. The number of carbonyl (C=O) groups excluding carboxylic acids is 1. The topological polar surface area (TPSA) is 67.9 Å². The molecule has 1 saturated carbocycles. The Kier molecular flexibility index (Phi) is 5.81. The zero-order chi connectivity index (χ0) is 23.7. The van der Waals surface area contributed by atoms with Crippen molar-refractivity contribution >= 4 is 16.8 Å². The number of rotatable bonds is 5. The van der Waals surface area contributed by atoms with Crippen LogP contribution in [0.5, 0.6) is 11.6 Å². The number of para-hydroxylation sites is 2. The highest BCUT2D eigenvalue weighted by molar-refractivity contribution is 6.08. The van der Waals surface area contributed by atoms with Crippen LogP contribution in [0.4, 0.5) is 13.2 Å². The van der Waals surface area contributed by atoms with Crippen LogP contribution in [0.3, 0.4) is 0 Å². The van der Waals surface area contributed by atoms with E-state index in [0.717, 1.165) is 16.6 Å². The Bertz CT molecular complexity index is 1270. The van der Waals surface area contributed by atoms with Crippen LogP contribution in [0.1, 0.15) is 53.3 Å². The third-order valence-electron chi connectivity index (χ3n) is 6.37. The lowest BCUT2D eigenvalue weighted by molar-refractivity contribution is -0.182. The van der Waals surface area contributed by atoms with Crippen molar-refractivity contribution in [2.75, 3.05) is 0 Å². The SMILES string of the molecule is O=C(c1ccc(Oc2ncccc2[C@H]2CC[C@@H](C(F)(F)F)CC2)cc1)c1nc2ccccc2[nH]1. The number of nitrogens with zero attached hydrogens (tertiary/aromatic N) is 2. The molecule has 5 rings (SSSR count). The van der Waals surface area contributed by atoms with Gasteiger partial charge in [-0.1, -0.05) is 18.2 Å². The van der Waals surface area contributed by atoms with Crippen molar-refractivity contribution in [3.8, 4) is 11.6 Å². The minimum atomic E-state index is -4.14. The Balaban J connectivity index is 1.30. The summed E-state index contributed by atoms with van der Waals surface area (Å²) in [7, 11) is 0. The molecule has 0 aliphatic heterocycles. The second-order valence-electron chi connectivity index (χ2n) is 8.55. The van der Waals surface area contributed by atoms with Crippen molar-refractivity contribution < 1.29 is 22.7 Å². The van der Waals surface area contributed by atoms with Crippen molar-refractivity contribution in [2.45, 2.75) is 37.8 Å². The van der Waals surface area contributed by atoms with Gasteiger partial charge < -0.3 is 9.72 Å². The van der Waals surface area contributed by atoms with Gasteiger partial charge in [0.2, 0.25) is 11.7 Å². The van der Waals surface area contributed by atoms with Crippen LogP contribution >= 0.6 is 0 Å². The largest absolute Gasteiger partial charge is 0.439 e. The molecule has 2 aromatic heterocycles. The molecule has 0 bridgehead atoms. The van der Waals surface area contributed by atoms with E-state index in [4.69, 9.17) is 4.74 Å². The van der Waals surface area contributed by atoms with Crippen LogP contribution in [-0.2, 0) is 0 Å². The normalized spacial score (nSPS) is 18.7. The Labute approximate surface area is 194 Å². The number of aromatic nitrogens is 3. The van der Waals surface area contributed by atoms with E-state index in [1.807, 2.05) is 30.3 Å². The average molecular weight is 465 g/mol. The van der Waals surface area contributed by atoms with Gasteiger partial charge in [-0.3, -0.25) is 4.79 Å². The van der Waals surface area contributed by atoms with E-state index in [2.05, 4.69) is 15.0 Å². The zero-order valence-electron chi connectivity index (χ0n) is 18.2. The second-order valence-corrected chi connectivity index (χ2v) is 8.55. The molecular formula is C26H22F3N3O2. The number of aromatic amines is 1. The minimum Gasteiger partial charge on any atom is -0.439 e. The summed E-state index contributed by atoms with van der Waals surface area (Å²) in [5.74, 6) is -0.365. The number of fused-ring (bicyclic) bond motifs is 1. The average Bonchev–Trinajstić information content (AvgIpc) is 3.28. The van der Waals surface area contributed by atoms with Gasteiger partial charge in [-0.25, -0.2) is 9.97 Å². The molecule has 174 valence electrons. The molecule has 0 unspecified atom stereocenters. The summed E-state index contributed by atoms with van der Waals surface area (Å²) in [6, 6.07) is 17.7. The van der Waals surface area contributed by atoms with Gasteiger partial charge in [0.1, 0.15) is 5.75 Å². The van der Waals surface area contributed by atoms with E-state index >= 15 is 0 Å². The molecule has 0 spiro atoms. The van der Waals surface area contributed by atoms with Gasteiger partial charge in [-0.15, -0.1) is 0 Å². The molecule has 5 nitrogen and oxygen atoms in total. The Morgan fingerprint density at radius 1 is 0.941 bits per heavy atom. The second kappa shape index (κ2) is 8.93. The number of hydrogen-bond acceptors (Lipinski definition) is 4. The maximum Gasteiger partial charge on any atom is 0.391 e. The highest BCUT2D eigenvalue weighted by Gasteiger charge is 2.42. The molecule has 0 radical (unpaired) electrons. The number of benzene rings is 2. The molecule has 0 atom stereocenters. The van der Waals surface area contributed by atoms with Gasteiger partial charge >= 0.3 is 6.18 Å². The van der Waals surface area contributed by atoms with Crippen molar-refractivity contribution in [2.24, 2.45) is 5.92 Å². The number of halogens is 3. The monoisotopic (exact) mass is 465 g/mol. The Morgan fingerprint density at radius 2 is 1.68 bits per heavy atom. The number of imidazole rings is 1. The van der Waals surface area contributed by atoms with Gasteiger partial charge in [0.15, 0.2) is 5.82 Å². The lowest BCUT2D eigenvalue weighted by Crippen LogP contribution is -2.27. The quantitative estimate of drug-likeness (QED) is 0.329. The van der Waals surface area contributed by atoms with E-state index < -0.39 is 12.1 Å². The van der Waals surface area contributed by atoms with Gasteiger partial charge in [-0.05, 0) is 74.1 Å². The van der Waals surface area contributed by atoms with E-state index in [-0.39, 0.29) is 30.4 Å². The predicted octanol–water partition coefficient (Wildman–Crippen LogP) is 6.82. The first-order valence-electron chi connectivity index (χ1n) is 11.2. The van der Waals surface area contributed by atoms with Crippen LogP contribution < -0.4 is 4.74 Å². The maximum absolute atomic E-state index is 13.0. The summed E-state index contributed by atoms with van der Waals surface area (Å²) in [4.78, 5) is 24.5. The maximum atomic E-state index is 13.0. The molecule has 1 aliphatic rings. The molecule has 1 N–H and O–H groups in total. The molecule has 1 aliphatic carbocycles. The number of nitrogens with one attached hydrogen (secondary N) is 1. The molecule has 1 fully saturated rings. The summed E-state index contributed by atoms with van der Waals surface area (Å²) < 4.78 is 45.0. The first kappa shape index (κ1) is 22.1. The Morgan fingerprint density at radius 3 is 2.38 bits per heavy atom. The van der Waals surface area contributed by atoms with Gasteiger partial charge in [0.05, 0.1) is 17.0 Å². The number of H-pyrrole nitrogens is 1. The number of alkyl halides is 3. The van der Waals surface area contributed by atoms with Crippen LogP contribution in [0.25, 0.3) is 11.0 Å². The fraction of sp³-hybridized carbons (Fsp3) is 0.269. The molecule has 4 aromatic rings. The molecule has 0 amide bonds. The number of carbonyl (C=O) groups is 1. The zero-order valence-corrected chi connectivity index (χ0v) is 18.2. The lowest BCUT2D eigenvalue weighted by Gasteiger charge is -2.30. The molecule has 8 heteroatoms. The number of ketones is 1. The highest BCUT2D eigenvalue weighted by Crippen LogP contribution is 2.44. The van der Waals surface area contributed by atoms with Gasteiger partial charge in [-0.2, -0.15) is 13.2 Å². The van der Waals surface area contributed by atoms with Crippen molar-refractivity contribution in [1.82, 2.24) is 15.0 Å². The molecule has 34 heavy (non-hydrogen) atoms. The Hall–Kier alpha value is -3.68. The number of hydrogen-bond donors (Lipinski definition) is 1. The van der Waals surface area contributed by atoms with Crippen molar-refractivity contribution in [1.29, 1.82) is 0 Å². The summed E-state index contributed by atoms with van der Waals surface area (Å²) in [5, 5.41) is 0. The summed E-state index contributed by atoms with van der Waals surface area (Å²) in [6.07, 6.45) is -1.43. The fourth-order valence-corrected chi connectivity index (χ4v) is 4.51. The van der Waals surface area contributed by atoms with E-state index in [9.17, 15) is 18.0 Å². The van der Waals surface area contributed by atoms with Crippen molar-refractivity contribution in [3.63, 3.8) is 0 Å². The predicted molar refractivity (Wildman–Crippen MR) is 121 cm³/mol. The van der Waals surface area contributed by atoms with E-state index in [0.29, 0.717) is 30.0 Å². The number of ether oxygens (including phenoxy) is 1. The summed E-state index contributed by atoms with van der Waals surface area (Å²) in [5.41, 5.74) is 2.78. The fourth-order valence-electron chi connectivity index (χ4n) is 4.51. The van der Waals surface area contributed by atoms with Gasteiger partial charge in [0.25, 0.3) is 0 Å². The standard InChI is InChI=1S/C26H22F3N3O2/c27-26(28,29)18-11-7-16(8-12-18)20-4-3-15-30-25(20)34-19-13-9-17(10-14-19)23(33)24-31-21-5-1-2-6-22(21)32-24/h1-6,9-10,13-16,18H,7-8,11-12H2,(H,31,32)/t16-,18+. The van der Waals surface area contributed by atoms with Crippen molar-refractivity contribution in [3.05, 3.63) is 83.8 Å². The van der Waals surface area contributed by atoms with Crippen LogP contribution in [0, 0.1) is 5.92 Å². The first-order chi connectivity index (χ1) is 16.4. The third kappa shape index (κ3) is 4.53. The van der Waals surface area contributed by atoms with Crippen LogP contribution in [-0.4, -0.2) is 26.9 Å². The lowest BCUT2D eigenvalue weighted by atomic mass is 9.78. The molecule has 2 heterocycles. The summed E-state index contributed by atoms with van der Waals surface area (Å²) in [6.45, 7) is 0.